The van der Waals surface area contributed by atoms with Gasteiger partial charge in [-0.2, -0.15) is 8.78 Å². The van der Waals surface area contributed by atoms with Crippen LogP contribution in [0.4, 0.5) is 8.78 Å². The third-order valence-corrected chi connectivity index (χ3v) is 10.3. The standard InChI is InChI=1S/C29H28F2N3O4P/c1-29(36,39(3,4)37)18-11-8-16(9-12-18)17-10-13-20-21(14-17)34-22-15-23(26(34)32-20)33(2)27(35)19-6-5-7-24(25(19)22)38-28(30)31/h5-14,22-23,28,36H,15H2,1-4H3/t22-,23-,29?/m1/s1/i2D3. The molecule has 4 aromatic rings. The molecule has 1 aromatic heterocycles. The molecule has 2 aliphatic heterocycles. The fourth-order valence-corrected chi connectivity index (χ4v) is 6.35. The summed E-state index contributed by atoms with van der Waals surface area (Å²) < 4.78 is 70.6. The lowest BCUT2D eigenvalue weighted by Gasteiger charge is -2.28. The van der Waals surface area contributed by atoms with Gasteiger partial charge in [0.15, 0.2) is 0 Å². The van der Waals surface area contributed by atoms with Gasteiger partial charge in [0, 0.05) is 28.6 Å². The van der Waals surface area contributed by atoms with Crippen LogP contribution in [0.2, 0.25) is 0 Å². The van der Waals surface area contributed by atoms with Gasteiger partial charge in [0.05, 0.1) is 23.1 Å². The number of hydrogen-bond acceptors (Lipinski definition) is 5. The van der Waals surface area contributed by atoms with Crippen LogP contribution in [0.5, 0.6) is 5.75 Å². The van der Waals surface area contributed by atoms with Gasteiger partial charge in [-0.25, -0.2) is 4.98 Å². The number of aliphatic hydroxyl groups is 1. The van der Waals surface area contributed by atoms with Crippen molar-refractivity contribution in [2.75, 3.05) is 20.3 Å². The highest BCUT2D eigenvalue weighted by Gasteiger charge is 2.45. The summed E-state index contributed by atoms with van der Waals surface area (Å²) in [7, 11) is -2.87. The van der Waals surface area contributed by atoms with Crippen LogP contribution in [0.25, 0.3) is 22.2 Å². The molecule has 1 amide bonds. The highest BCUT2D eigenvalue weighted by molar-refractivity contribution is 7.63. The van der Waals surface area contributed by atoms with Crippen LogP contribution < -0.4 is 4.74 Å². The van der Waals surface area contributed by atoms with Crippen LogP contribution in [-0.4, -0.2) is 52.4 Å². The summed E-state index contributed by atoms with van der Waals surface area (Å²) >= 11 is 0. The molecular weight excluding hydrogens is 523 g/mol. The van der Waals surface area contributed by atoms with E-state index in [9.17, 15) is 23.2 Å². The molecule has 6 rings (SSSR count). The lowest BCUT2D eigenvalue weighted by atomic mass is 9.97. The van der Waals surface area contributed by atoms with Crippen LogP contribution in [0, 0.1) is 0 Å². The largest absolute Gasteiger partial charge is 0.434 e. The summed E-state index contributed by atoms with van der Waals surface area (Å²) in [5, 5.41) is 9.38. The van der Waals surface area contributed by atoms with Gasteiger partial charge in [-0.15, -0.1) is 0 Å². The van der Waals surface area contributed by atoms with E-state index in [2.05, 4.69) is 0 Å². The van der Waals surface area contributed by atoms with Crippen molar-refractivity contribution in [2.45, 2.75) is 37.4 Å². The van der Waals surface area contributed by atoms with Gasteiger partial charge < -0.3 is 23.9 Å². The first-order chi connectivity index (χ1) is 19.6. The molecule has 0 aliphatic carbocycles. The van der Waals surface area contributed by atoms with E-state index >= 15 is 0 Å². The molecule has 3 heterocycles. The smallest absolute Gasteiger partial charge is 0.387 e. The average molecular weight is 555 g/mol. The zero-order valence-corrected chi connectivity index (χ0v) is 22.3. The van der Waals surface area contributed by atoms with E-state index in [0.29, 0.717) is 22.4 Å². The predicted molar refractivity (Wildman–Crippen MR) is 145 cm³/mol. The minimum absolute atomic E-state index is 0.00721. The van der Waals surface area contributed by atoms with E-state index in [-0.39, 0.29) is 23.3 Å². The van der Waals surface area contributed by atoms with E-state index in [4.69, 9.17) is 13.8 Å². The summed E-state index contributed by atoms with van der Waals surface area (Å²) in [5.74, 6) is -0.636. The van der Waals surface area contributed by atoms with Gasteiger partial charge in [0.2, 0.25) is 0 Å². The molecule has 2 bridgehead atoms. The Balaban J connectivity index is 1.52. The van der Waals surface area contributed by atoms with E-state index in [1.165, 1.54) is 38.5 Å². The van der Waals surface area contributed by atoms with Gasteiger partial charge >= 0.3 is 6.61 Å². The Kier molecular flexibility index (Phi) is 4.99. The number of fused-ring (bicyclic) bond motifs is 9. The summed E-state index contributed by atoms with van der Waals surface area (Å²) in [6.45, 7) is -1.36. The molecular formula is C29H28F2N3O4P. The van der Waals surface area contributed by atoms with Gasteiger partial charge in [-0.3, -0.25) is 4.79 Å². The Morgan fingerprint density at radius 2 is 1.85 bits per heavy atom. The Morgan fingerprint density at radius 1 is 1.13 bits per heavy atom. The number of rotatable bonds is 5. The zero-order valence-electron chi connectivity index (χ0n) is 24.4. The summed E-state index contributed by atoms with van der Waals surface area (Å²) in [6, 6.07) is 15.1. The van der Waals surface area contributed by atoms with Crippen molar-refractivity contribution in [2.24, 2.45) is 0 Å². The van der Waals surface area contributed by atoms with Crippen LogP contribution in [0.3, 0.4) is 0 Å². The molecule has 0 radical (unpaired) electrons. The molecule has 0 fully saturated rings. The maximum absolute atomic E-state index is 13.6. The molecule has 0 saturated heterocycles. The Morgan fingerprint density at radius 3 is 2.51 bits per heavy atom. The molecule has 202 valence electrons. The lowest BCUT2D eigenvalue weighted by Crippen LogP contribution is -2.30. The first-order valence-electron chi connectivity index (χ1n) is 13.9. The number of carbonyl (C=O) groups is 1. The van der Waals surface area contributed by atoms with Crippen molar-refractivity contribution >= 4 is 24.1 Å². The number of aromatic nitrogens is 2. The summed E-state index contributed by atoms with van der Waals surface area (Å²) in [6.07, 6.45) is 0.126. The number of imidazole rings is 1. The SMILES string of the molecule is [2H]C([2H])([2H])N1C(=O)c2cccc(OC(F)F)c2[C@H]2C[C@@H]1c1nc3ccc(-c4ccc(C(C)(O)P(C)(C)=O)cc4)cc3n12. The predicted octanol–water partition coefficient (Wildman–Crippen LogP) is 6.21. The number of nitrogens with zero attached hydrogens (tertiary/aromatic N) is 3. The van der Waals surface area contributed by atoms with Crippen LogP contribution in [0.15, 0.2) is 60.7 Å². The summed E-state index contributed by atoms with van der Waals surface area (Å²) in [5.41, 5.74) is 3.48. The fraction of sp³-hybridized carbons (Fsp3) is 0.310. The van der Waals surface area contributed by atoms with E-state index in [1.54, 1.807) is 18.2 Å². The van der Waals surface area contributed by atoms with E-state index in [1.807, 2.05) is 28.8 Å². The number of amides is 1. The first kappa shape index (κ1) is 22.3. The Hall–Kier alpha value is -3.55. The van der Waals surface area contributed by atoms with Crippen LogP contribution in [-0.2, 0) is 9.91 Å². The van der Waals surface area contributed by atoms with Crippen molar-refractivity contribution < 1.29 is 32.1 Å². The second kappa shape index (κ2) is 8.73. The number of ether oxygens (including phenoxy) is 1. The number of benzene rings is 3. The van der Waals surface area contributed by atoms with Crippen molar-refractivity contribution in [3.63, 3.8) is 0 Å². The lowest BCUT2D eigenvalue weighted by molar-refractivity contribution is -0.0507. The van der Waals surface area contributed by atoms with Crippen LogP contribution in [0.1, 0.15) is 56.8 Å². The highest BCUT2D eigenvalue weighted by Crippen LogP contribution is 2.56. The van der Waals surface area contributed by atoms with Gasteiger partial charge in [0.1, 0.15) is 24.1 Å². The highest BCUT2D eigenvalue weighted by atomic mass is 31.2. The number of hydrogen-bond donors (Lipinski definition) is 1. The third-order valence-electron chi connectivity index (χ3n) is 7.96. The van der Waals surface area contributed by atoms with Gasteiger partial charge in [-0.05, 0) is 61.2 Å². The monoisotopic (exact) mass is 554 g/mol. The maximum atomic E-state index is 13.6. The van der Waals surface area contributed by atoms with Crippen molar-refractivity contribution in [3.8, 4) is 16.9 Å². The minimum atomic E-state index is -3.14. The average Bonchev–Trinajstić information content (AvgIpc) is 3.40. The minimum Gasteiger partial charge on any atom is -0.434 e. The Bertz CT molecular complexity index is 1780. The van der Waals surface area contributed by atoms with E-state index in [0.717, 1.165) is 16.0 Å². The van der Waals surface area contributed by atoms with Crippen molar-refractivity contribution in [1.82, 2.24) is 14.5 Å². The molecule has 0 spiro atoms. The normalized spacial score (nSPS) is 21.6. The third kappa shape index (κ3) is 3.90. The molecule has 10 heteroatoms. The second-order valence-electron chi connectivity index (χ2n) is 10.5. The molecule has 2 aliphatic rings. The molecule has 39 heavy (non-hydrogen) atoms. The molecule has 0 saturated carbocycles. The number of carbonyl (C=O) groups excluding carboxylic acids is 1. The molecule has 3 atom stereocenters. The van der Waals surface area contributed by atoms with E-state index < -0.39 is 44.1 Å². The Labute approximate surface area is 228 Å². The quantitative estimate of drug-likeness (QED) is 0.297. The topological polar surface area (TPSA) is 84.7 Å². The fourth-order valence-electron chi connectivity index (χ4n) is 5.58. The van der Waals surface area contributed by atoms with Crippen molar-refractivity contribution in [3.05, 3.63) is 83.2 Å². The molecule has 7 nitrogen and oxygen atoms in total. The second-order valence-corrected chi connectivity index (χ2v) is 14.1. The number of halogens is 2. The molecule has 1 N–H and O–H groups in total. The van der Waals surface area contributed by atoms with Gasteiger partial charge in [0.25, 0.3) is 5.91 Å². The van der Waals surface area contributed by atoms with Crippen LogP contribution >= 0.6 is 7.14 Å². The van der Waals surface area contributed by atoms with Gasteiger partial charge in [-0.1, -0.05) is 36.4 Å². The zero-order chi connectivity index (χ0) is 30.4. The first-order valence-corrected chi connectivity index (χ1v) is 15.0. The summed E-state index contributed by atoms with van der Waals surface area (Å²) in [4.78, 5) is 19.1. The molecule has 1 unspecified atom stereocenters. The number of alkyl halides is 2. The molecule has 3 aromatic carbocycles. The maximum Gasteiger partial charge on any atom is 0.387 e. The van der Waals surface area contributed by atoms with Crippen molar-refractivity contribution in [1.29, 1.82) is 0 Å².